The Labute approximate surface area is 204 Å². The van der Waals surface area contributed by atoms with Crippen molar-refractivity contribution in [3.63, 3.8) is 0 Å². The van der Waals surface area contributed by atoms with Crippen molar-refractivity contribution < 1.29 is 54.3 Å². The van der Waals surface area contributed by atoms with Crippen LogP contribution >= 0.6 is 0 Å². The second kappa shape index (κ2) is 10.3. The monoisotopic (exact) mass is 511 g/mol. The lowest BCUT2D eigenvalue weighted by molar-refractivity contribution is -0.176. The summed E-state index contributed by atoms with van der Waals surface area (Å²) >= 11 is 0. The van der Waals surface area contributed by atoms with Crippen molar-refractivity contribution in [2.45, 2.75) is 50.2 Å². The third-order valence-corrected chi connectivity index (χ3v) is 6.44. The van der Waals surface area contributed by atoms with E-state index >= 15 is 0 Å². The molecule has 0 aliphatic carbocycles. The summed E-state index contributed by atoms with van der Waals surface area (Å²) in [5.41, 5.74) is 2.18. The van der Waals surface area contributed by atoms with E-state index in [2.05, 4.69) is 0 Å². The number of amides is 1. The molecule has 1 aromatic carbocycles. The van der Waals surface area contributed by atoms with Gasteiger partial charge in [0.05, 0.1) is 5.92 Å². The summed E-state index contributed by atoms with van der Waals surface area (Å²) in [7, 11) is 0. The Kier molecular flexibility index (Phi) is 8.58. The van der Waals surface area contributed by atoms with Gasteiger partial charge in [-0.3, -0.25) is 24.0 Å². The van der Waals surface area contributed by atoms with Crippen LogP contribution < -0.4 is 16.8 Å². The maximum absolute atomic E-state index is 13.1. The summed E-state index contributed by atoms with van der Waals surface area (Å²) in [5.74, 6) is -15.8. The van der Waals surface area contributed by atoms with Crippen LogP contribution in [0.1, 0.15) is 49.5 Å². The van der Waals surface area contributed by atoms with Gasteiger partial charge in [0.25, 0.3) is 5.91 Å². The molecule has 0 aliphatic heterocycles. The highest BCUT2D eigenvalue weighted by Gasteiger charge is 2.70. The summed E-state index contributed by atoms with van der Waals surface area (Å²) < 4.78 is 0. The Bertz CT molecular complexity index is 1080. The highest BCUT2D eigenvalue weighted by atomic mass is 16.4. The van der Waals surface area contributed by atoms with Gasteiger partial charge in [-0.2, -0.15) is 0 Å². The molecule has 0 saturated heterocycles. The largest absolute Gasteiger partial charge is 0.481 e. The minimum Gasteiger partial charge on any atom is -0.481 e. The van der Waals surface area contributed by atoms with E-state index in [-0.39, 0.29) is 5.56 Å². The van der Waals surface area contributed by atoms with Crippen molar-refractivity contribution in [3.8, 4) is 0 Å². The van der Waals surface area contributed by atoms with Crippen LogP contribution in [-0.4, -0.2) is 77.9 Å². The van der Waals surface area contributed by atoms with E-state index in [4.69, 9.17) is 16.6 Å². The molecule has 0 aliphatic rings. The van der Waals surface area contributed by atoms with Gasteiger partial charge >= 0.3 is 29.8 Å². The Morgan fingerprint density at radius 3 is 1.56 bits per heavy atom. The minimum atomic E-state index is -3.44. The molecule has 0 spiro atoms. The number of carboxylic acids is 5. The molecule has 10 N–H and O–H groups in total. The van der Waals surface area contributed by atoms with Gasteiger partial charge in [-0.1, -0.05) is 26.0 Å². The van der Waals surface area contributed by atoms with Crippen LogP contribution in [0.4, 0.5) is 0 Å². The fourth-order valence-electron chi connectivity index (χ4n) is 3.87. The highest BCUT2D eigenvalue weighted by molar-refractivity contribution is 6.03. The molecule has 0 radical (unpaired) electrons. The SMILES string of the molecule is CC(C(=O)O)c1ccc(C(=O)N[C@@](C(=O)O)(C(C)C)C(C(=O)O)[C@](N)(C(=O)O)[C@](C)(N)C(=O)O)cc1. The fourth-order valence-corrected chi connectivity index (χ4v) is 3.87. The molecule has 0 bridgehead atoms. The number of nitrogens with two attached hydrogens (primary N) is 2. The molecule has 1 aromatic rings. The van der Waals surface area contributed by atoms with Crippen LogP contribution in [0.5, 0.6) is 0 Å². The molecule has 14 nitrogen and oxygen atoms in total. The summed E-state index contributed by atoms with van der Waals surface area (Å²) in [6.45, 7) is 4.34. The number of carbonyl (C=O) groups is 6. The minimum absolute atomic E-state index is 0.224. The van der Waals surface area contributed by atoms with Crippen LogP contribution in [0.2, 0.25) is 0 Å². The smallest absolute Gasteiger partial charge is 0.330 e. The van der Waals surface area contributed by atoms with Gasteiger partial charge in [0.1, 0.15) is 11.5 Å². The lowest BCUT2D eigenvalue weighted by atomic mass is 9.59. The van der Waals surface area contributed by atoms with Crippen molar-refractivity contribution in [2.24, 2.45) is 23.3 Å². The number of nitrogens with one attached hydrogen (secondary N) is 1. The molecule has 0 fully saturated rings. The Hall–Kier alpha value is -4.04. The Balaban J connectivity index is 3.82. The molecule has 5 atom stereocenters. The first-order valence-corrected chi connectivity index (χ1v) is 10.5. The van der Waals surface area contributed by atoms with Crippen molar-refractivity contribution in [2.75, 3.05) is 0 Å². The van der Waals surface area contributed by atoms with E-state index in [0.717, 1.165) is 12.1 Å². The van der Waals surface area contributed by atoms with E-state index in [1.165, 1.54) is 32.9 Å². The van der Waals surface area contributed by atoms with Gasteiger partial charge < -0.3 is 42.3 Å². The molecule has 14 heteroatoms. The predicted octanol–water partition coefficient (Wildman–Crippen LogP) is -0.631. The first kappa shape index (κ1) is 30.0. The molecular weight excluding hydrogens is 482 g/mol. The maximum Gasteiger partial charge on any atom is 0.330 e. The van der Waals surface area contributed by atoms with Gasteiger partial charge in [-0.05, 0) is 37.5 Å². The molecule has 2 unspecified atom stereocenters. The average molecular weight is 511 g/mol. The molecular formula is C22H29N3O11. The number of carbonyl (C=O) groups excluding carboxylic acids is 1. The standard InChI is InChI=1S/C22H29N3O11/c1-9(2)21(18(33)34,13(16(29)30)22(24,19(35)36)20(4,23)17(31)32)25-14(26)12-7-5-11(6-8-12)10(3)15(27)28/h5-10,13H,23-24H2,1-4H3,(H,25,26)(H,27,28)(H,29,30)(H,31,32)(H,33,34)(H,35,36)/t10?,13?,20-,21+,22+/m1/s1. The third kappa shape index (κ3) is 4.85. The summed E-state index contributed by atoms with van der Waals surface area (Å²) in [4.78, 5) is 73.3. The molecule has 1 amide bonds. The second-order valence-electron chi connectivity index (χ2n) is 8.92. The van der Waals surface area contributed by atoms with E-state index in [0.29, 0.717) is 12.5 Å². The van der Waals surface area contributed by atoms with Crippen molar-refractivity contribution in [1.29, 1.82) is 0 Å². The van der Waals surface area contributed by atoms with Gasteiger partial charge in [-0.15, -0.1) is 0 Å². The zero-order valence-electron chi connectivity index (χ0n) is 19.9. The number of rotatable bonds is 12. The molecule has 0 aromatic heterocycles. The molecule has 198 valence electrons. The second-order valence-corrected chi connectivity index (χ2v) is 8.92. The summed E-state index contributed by atoms with van der Waals surface area (Å²) in [6.07, 6.45) is 0. The van der Waals surface area contributed by atoms with Crippen LogP contribution in [-0.2, 0) is 24.0 Å². The lowest BCUT2D eigenvalue weighted by Gasteiger charge is -2.49. The van der Waals surface area contributed by atoms with E-state index in [1.807, 2.05) is 5.32 Å². The summed E-state index contributed by atoms with van der Waals surface area (Å²) in [6, 6.07) is 4.88. The van der Waals surface area contributed by atoms with E-state index in [9.17, 15) is 49.2 Å². The van der Waals surface area contributed by atoms with Crippen molar-refractivity contribution in [3.05, 3.63) is 35.4 Å². The topological polar surface area (TPSA) is 268 Å². The van der Waals surface area contributed by atoms with Crippen LogP contribution in [0, 0.1) is 11.8 Å². The number of benzene rings is 1. The van der Waals surface area contributed by atoms with Crippen LogP contribution in [0.15, 0.2) is 24.3 Å². The number of carboxylic acid groups (broad SMARTS) is 5. The third-order valence-electron chi connectivity index (χ3n) is 6.44. The van der Waals surface area contributed by atoms with Crippen LogP contribution in [0.25, 0.3) is 0 Å². The van der Waals surface area contributed by atoms with Crippen LogP contribution in [0.3, 0.4) is 0 Å². The number of hydrogen-bond acceptors (Lipinski definition) is 8. The quantitative estimate of drug-likeness (QED) is 0.174. The lowest BCUT2D eigenvalue weighted by Crippen LogP contribution is -2.83. The fraction of sp³-hybridized carbons (Fsp3) is 0.455. The molecule has 1 rings (SSSR count). The van der Waals surface area contributed by atoms with Crippen molar-refractivity contribution >= 4 is 35.8 Å². The number of hydrogen-bond donors (Lipinski definition) is 8. The van der Waals surface area contributed by atoms with Gasteiger partial charge in [0.15, 0.2) is 11.1 Å². The molecule has 36 heavy (non-hydrogen) atoms. The first-order valence-electron chi connectivity index (χ1n) is 10.5. The Morgan fingerprint density at radius 1 is 0.778 bits per heavy atom. The molecule has 0 saturated carbocycles. The van der Waals surface area contributed by atoms with Gasteiger partial charge in [0.2, 0.25) is 0 Å². The van der Waals surface area contributed by atoms with Crippen molar-refractivity contribution in [1.82, 2.24) is 5.32 Å². The predicted molar refractivity (Wildman–Crippen MR) is 121 cm³/mol. The zero-order valence-corrected chi connectivity index (χ0v) is 19.9. The normalized spacial score (nSPS) is 18.0. The van der Waals surface area contributed by atoms with E-state index < -0.39 is 70.1 Å². The first-order chi connectivity index (χ1) is 16.3. The van der Waals surface area contributed by atoms with Gasteiger partial charge in [-0.25, -0.2) is 4.79 Å². The number of aliphatic carboxylic acids is 5. The van der Waals surface area contributed by atoms with E-state index in [1.54, 1.807) is 0 Å². The van der Waals surface area contributed by atoms with Gasteiger partial charge in [0, 0.05) is 5.56 Å². The summed E-state index contributed by atoms with van der Waals surface area (Å²) in [5, 5.41) is 50.7. The maximum atomic E-state index is 13.1. The molecule has 0 heterocycles. The zero-order chi connectivity index (χ0) is 28.4. The Morgan fingerprint density at radius 2 is 1.25 bits per heavy atom. The average Bonchev–Trinajstić information content (AvgIpc) is 2.76. The highest BCUT2D eigenvalue weighted by Crippen LogP contribution is 2.39.